The summed E-state index contributed by atoms with van der Waals surface area (Å²) in [7, 11) is 0. The Morgan fingerprint density at radius 3 is 2.11 bits per heavy atom. The van der Waals surface area contributed by atoms with E-state index in [-0.39, 0.29) is 21.9 Å². The van der Waals surface area contributed by atoms with Crippen molar-refractivity contribution < 1.29 is 14.7 Å². The molecule has 0 aliphatic rings. The number of hydrogen-bond acceptors (Lipinski definition) is 4. The van der Waals surface area contributed by atoms with Gasteiger partial charge >= 0.3 is 0 Å². The average molecular weight is 393 g/mol. The molecule has 0 bridgehead atoms. The molecule has 0 atom stereocenters. The molecule has 1 N–H and O–H groups in total. The number of anilines is 1. The van der Waals surface area contributed by atoms with Crippen LogP contribution >= 0.6 is 11.3 Å². The lowest BCUT2D eigenvalue weighted by Gasteiger charge is -2.19. The Morgan fingerprint density at radius 2 is 1.57 bits per heavy atom. The first-order chi connectivity index (χ1) is 13.2. The highest BCUT2D eigenvalue weighted by atomic mass is 32.1. The number of amides is 1. The van der Waals surface area contributed by atoms with E-state index in [0.717, 1.165) is 16.7 Å². The van der Waals surface area contributed by atoms with Gasteiger partial charge in [-0.25, -0.2) is 0 Å². The largest absolute Gasteiger partial charge is 0.545 e. The predicted octanol–water partition coefficient (Wildman–Crippen LogP) is 4.64. The lowest BCUT2D eigenvalue weighted by molar-refractivity contribution is -0.254. The number of carbonyl (C=O) groups excluding carboxylic acids is 2. The third-order valence-corrected chi connectivity index (χ3v) is 5.49. The van der Waals surface area contributed by atoms with Gasteiger partial charge in [0.1, 0.15) is 5.00 Å². The molecule has 0 radical (unpaired) electrons. The second-order valence-corrected chi connectivity index (χ2v) is 8.67. The third-order valence-electron chi connectivity index (χ3n) is 4.60. The number of aryl methyl sites for hydroxylation is 1. The molecule has 5 heteroatoms. The van der Waals surface area contributed by atoms with Gasteiger partial charge in [-0.05, 0) is 35.6 Å². The minimum atomic E-state index is -1.31. The van der Waals surface area contributed by atoms with Gasteiger partial charge in [-0.1, -0.05) is 62.7 Å². The quantitative estimate of drug-likeness (QED) is 0.703. The molecule has 144 valence electrons. The summed E-state index contributed by atoms with van der Waals surface area (Å²) in [6, 6.07) is 14.9. The maximum atomic E-state index is 12.6. The van der Waals surface area contributed by atoms with Crippen LogP contribution in [0.25, 0.3) is 11.1 Å². The fourth-order valence-corrected chi connectivity index (χ4v) is 3.85. The highest BCUT2D eigenvalue weighted by Gasteiger charge is 2.18. The van der Waals surface area contributed by atoms with Crippen molar-refractivity contribution in [2.24, 2.45) is 0 Å². The van der Waals surface area contributed by atoms with Gasteiger partial charge in [-0.15, -0.1) is 11.3 Å². The molecule has 3 aromatic rings. The van der Waals surface area contributed by atoms with Gasteiger partial charge in [-0.3, -0.25) is 4.79 Å². The molecule has 1 heterocycles. The van der Waals surface area contributed by atoms with E-state index in [1.807, 2.05) is 43.3 Å². The molecule has 2 aromatic carbocycles. The molecule has 0 spiro atoms. The van der Waals surface area contributed by atoms with Crippen LogP contribution in [0.15, 0.2) is 53.9 Å². The summed E-state index contributed by atoms with van der Waals surface area (Å²) in [4.78, 5) is 24.4. The molecule has 4 nitrogen and oxygen atoms in total. The Balaban J connectivity index is 1.89. The number of carbonyl (C=O) groups is 2. The summed E-state index contributed by atoms with van der Waals surface area (Å²) >= 11 is 1.18. The van der Waals surface area contributed by atoms with E-state index < -0.39 is 5.97 Å². The molecule has 0 saturated heterocycles. The van der Waals surface area contributed by atoms with Gasteiger partial charge in [0.15, 0.2) is 0 Å². The van der Waals surface area contributed by atoms with Crippen LogP contribution < -0.4 is 10.4 Å². The molecular formula is C23H22NO3S-. The minimum Gasteiger partial charge on any atom is -0.545 e. The van der Waals surface area contributed by atoms with Gasteiger partial charge in [0.2, 0.25) is 0 Å². The van der Waals surface area contributed by atoms with Gasteiger partial charge in [0.05, 0.1) is 5.97 Å². The summed E-state index contributed by atoms with van der Waals surface area (Å²) in [6.45, 7) is 8.28. The molecule has 0 saturated carbocycles. The number of nitrogens with one attached hydrogen (secondary N) is 1. The molecule has 28 heavy (non-hydrogen) atoms. The summed E-state index contributed by atoms with van der Waals surface area (Å²) in [5.41, 5.74) is 4.00. The molecule has 1 amide bonds. The Bertz CT molecular complexity index is 1010. The molecule has 0 aliphatic heterocycles. The fourth-order valence-electron chi connectivity index (χ4n) is 2.90. The maximum absolute atomic E-state index is 12.6. The number of rotatable bonds is 4. The number of carboxylic acids is 1. The smallest absolute Gasteiger partial charge is 0.256 e. The standard InChI is InChI=1S/C23H23NO3S/c1-14-5-7-15(8-6-14)18-13-28-21(19(18)22(26)27)24-20(25)16-9-11-17(12-10-16)23(2,3)4/h5-13H,1-4H3,(H,24,25)(H,26,27)/p-1. The number of carboxylic acid groups (broad SMARTS) is 1. The van der Waals surface area contributed by atoms with E-state index in [1.165, 1.54) is 11.3 Å². The van der Waals surface area contributed by atoms with Crippen LogP contribution in [-0.4, -0.2) is 11.9 Å². The SMILES string of the molecule is Cc1ccc(-c2csc(NC(=O)c3ccc(C(C)(C)C)cc3)c2C(=O)[O-])cc1. The third kappa shape index (κ3) is 4.15. The first-order valence-corrected chi connectivity index (χ1v) is 9.86. The maximum Gasteiger partial charge on any atom is 0.256 e. The van der Waals surface area contributed by atoms with Crippen molar-refractivity contribution in [3.63, 3.8) is 0 Å². The van der Waals surface area contributed by atoms with Crippen molar-refractivity contribution in [3.05, 3.63) is 76.2 Å². The highest BCUT2D eigenvalue weighted by molar-refractivity contribution is 7.15. The lowest BCUT2D eigenvalue weighted by Crippen LogP contribution is -2.24. The van der Waals surface area contributed by atoms with Crippen molar-refractivity contribution in [1.29, 1.82) is 0 Å². The Hall–Kier alpha value is -2.92. The second-order valence-electron chi connectivity index (χ2n) is 7.79. The van der Waals surface area contributed by atoms with E-state index >= 15 is 0 Å². The Labute approximate surface area is 168 Å². The highest BCUT2D eigenvalue weighted by Crippen LogP contribution is 2.35. The molecule has 0 unspecified atom stereocenters. The van der Waals surface area contributed by atoms with E-state index in [2.05, 4.69) is 26.1 Å². The fraction of sp³-hybridized carbons (Fsp3) is 0.217. The van der Waals surface area contributed by atoms with Crippen LogP contribution in [0.3, 0.4) is 0 Å². The molecule has 1 aromatic heterocycles. The number of aromatic carboxylic acids is 1. The van der Waals surface area contributed by atoms with Crippen molar-refractivity contribution in [2.45, 2.75) is 33.1 Å². The molecule has 0 fully saturated rings. The summed E-state index contributed by atoms with van der Waals surface area (Å²) < 4.78 is 0. The molecule has 0 aliphatic carbocycles. The van der Waals surface area contributed by atoms with Crippen LogP contribution in [0, 0.1) is 6.92 Å². The van der Waals surface area contributed by atoms with Crippen LogP contribution in [0.4, 0.5) is 5.00 Å². The van der Waals surface area contributed by atoms with E-state index in [0.29, 0.717) is 11.1 Å². The average Bonchev–Trinajstić information content (AvgIpc) is 3.05. The van der Waals surface area contributed by atoms with Gasteiger partial charge in [-0.2, -0.15) is 0 Å². The second kappa shape index (κ2) is 7.60. The summed E-state index contributed by atoms with van der Waals surface area (Å²) in [5.74, 6) is -1.66. The molecule has 3 rings (SSSR count). The number of hydrogen-bond donors (Lipinski definition) is 1. The van der Waals surface area contributed by atoms with Crippen LogP contribution in [0.5, 0.6) is 0 Å². The summed E-state index contributed by atoms with van der Waals surface area (Å²) in [6.07, 6.45) is 0. The first kappa shape index (κ1) is 19.8. The zero-order valence-corrected chi connectivity index (χ0v) is 17.1. The van der Waals surface area contributed by atoms with Crippen molar-refractivity contribution in [3.8, 4) is 11.1 Å². The molecular weight excluding hydrogens is 370 g/mol. The topological polar surface area (TPSA) is 69.2 Å². The van der Waals surface area contributed by atoms with Gasteiger partial charge < -0.3 is 15.2 Å². The zero-order valence-electron chi connectivity index (χ0n) is 16.3. The van der Waals surface area contributed by atoms with E-state index in [9.17, 15) is 14.7 Å². The van der Waals surface area contributed by atoms with E-state index in [4.69, 9.17) is 0 Å². The predicted molar refractivity (Wildman–Crippen MR) is 112 cm³/mol. The van der Waals surface area contributed by atoms with Crippen molar-refractivity contribution >= 4 is 28.2 Å². The van der Waals surface area contributed by atoms with Gasteiger partial charge in [0, 0.05) is 22.1 Å². The van der Waals surface area contributed by atoms with Crippen LogP contribution in [-0.2, 0) is 5.41 Å². The van der Waals surface area contributed by atoms with Crippen LogP contribution in [0.2, 0.25) is 0 Å². The Kier molecular flexibility index (Phi) is 5.38. The van der Waals surface area contributed by atoms with Crippen molar-refractivity contribution in [1.82, 2.24) is 0 Å². The lowest BCUT2D eigenvalue weighted by atomic mass is 9.87. The van der Waals surface area contributed by atoms with Gasteiger partial charge in [0.25, 0.3) is 5.91 Å². The minimum absolute atomic E-state index is 0.00611. The number of thiophene rings is 1. The first-order valence-electron chi connectivity index (χ1n) is 8.98. The Morgan fingerprint density at radius 1 is 0.964 bits per heavy atom. The van der Waals surface area contributed by atoms with Crippen molar-refractivity contribution in [2.75, 3.05) is 5.32 Å². The normalized spacial score (nSPS) is 11.3. The number of benzene rings is 2. The monoisotopic (exact) mass is 392 g/mol. The van der Waals surface area contributed by atoms with Crippen LogP contribution in [0.1, 0.15) is 52.6 Å². The zero-order chi connectivity index (χ0) is 20.5. The van der Waals surface area contributed by atoms with E-state index in [1.54, 1.807) is 17.5 Å². The summed E-state index contributed by atoms with van der Waals surface area (Å²) in [5, 5.41) is 16.5.